The van der Waals surface area contributed by atoms with Gasteiger partial charge in [0, 0.05) is 12.1 Å². The fraction of sp³-hybridized carbons (Fsp3) is 0.0833. The van der Waals surface area contributed by atoms with E-state index in [1.165, 1.54) is 6.21 Å². The number of nitrogens with one attached hydrogen (secondary N) is 2. The molecule has 0 saturated heterocycles. The SMILES string of the molecule is Cc1ccccc1C(=O)Oc1ccccc1/C=N/NC(=O)C(=O)NCc1ccccc1. The lowest BCUT2D eigenvalue weighted by Crippen LogP contribution is -2.37. The molecule has 0 atom stereocenters. The number of para-hydroxylation sites is 1. The maximum Gasteiger partial charge on any atom is 0.343 e. The van der Waals surface area contributed by atoms with Crippen molar-refractivity contribution in [3.8, 4) is 5.75 Å². The van der Waals surface area contributed by atoms with Crippen LogP contribution in [0.4, 0.5) is 0 Å². The molecule has 3 rings (SSSR count). The van der Waals surface area contributed by atoms with Gasteiger partial charge >= 0.3 is 17.8 Å². The first kappa shape index (κ1) is 21.4. The van der Waals surface area contributed by atoms with Crippen molar-refractivity contribution in [2.45, 2.75) is 13.5 Å². The summed E-state index contributed by atoms with van der Waals surface area (Å²) in [6, 6.07) is 23.1. The highest BCUT2D eigenvalue weighted by Crippen LogP contribution is 2.18. The molecule has 0 spiro atoms. The van der Waals surface area contributed by atoms with Crippen LogP contribution < -0.4 is 15.5 Å². The lowest BCUT2D eigenvalue weighted by Gasteiger charge is -2.09. The van der Waals surface area contributed by atoms with Gasteiger partial charge in [-0.2, -0.15) is 5.10 Å². The molecule has 0 aromatic heterocycles. The van der Waals surface area contributed by atoms with E-state index in [2.05, 4.69) is 15.8 Å². The average molecular weight is 415 g/mol. The van der Waals surface area contributed by atoms with E-state index in [1.807, 2.05) is 49.4 Å². The Labute approximate surface area is 179 Å². The zero-order chi connectivity index (χ0) is 22.1. The van der Waals surface area contributed by atoms with Crippen LogP contribution in [0.3, 0.4) is 0 Å². The van der Waals surface area contributed by atoms with Gasteiger partial charge in [0.05, 0.1) is 11.8 Å². The summed E-state index contributed by atoms with van der Waals surface area (Å²) in [7, 11) is 0. The fourth-order valence-electron chi connectivity index (χ4n) is 2.71. The van der Waals surface area contributed by atoms with Crippen LogP contribution in [-0.2, 0) is 16.1 Å². The lowest BCUT2D eigenvalue weighted by molar-refractivity contribution is -0.139. The molecule has 7 nitrogen and oxygen atoms in total. The Bertz CT molecular complexity index is 1110. The Kier molecular flexibility index (Phi) is 7.26. The lowest BCUT2D eigenvalue weighted by atomic mass is 10.1. The molecule has 2 amide bonds. The molecule has 0 aliphatic carbocycles. The molecule has 0 heterocycles. The molecule has 0 saturated carbocycles. The molecule has 7 heteroatoms. The number of amides is 2. The maximum atomic E-state index is 12.5. The van der Waals surface area contributed by atoms with E-state index in [0.29, 0.717) is 11.1 Å². The summed E-state index contributed by atoms with van der Waals surface area (Å²) in [4.78, 5) is 36.3. The third-order valence-electron chi connectivity index (χ3n) is 4.36. The number of rotatable bonds is 6. The van der Waals surface area contributed by atoms with Crippen LogP contribution >= 0.6 is 0 Å². The summed E-state index contributed by atoms with van der Waals surface area (Å²) in [6.07, 6.45) is 1.31. The van der Waals surface area contributed by atoms with Crippen molar-refractivity contribution in [2.75, 3.05) is 0 Å². The van der Waals surface area contributed by atoms with Crippen LogP contribution in [0, 0.1) is 6.92 Å². The number of benzene rings is 3. The van der Waals surface area contributed by atoms with Crippen LogP contribution in [0.5, 0.6) is 5.75 Å². The van der Waals surface area contributed by atoms with Crippen molar-refractivity contribution in [1.82, 2.24) is 10.7 Å². The van der Waals surface area contributed by atoms with Crippen LogP contribution in [-0.4, -0.2) is 24.0 Å². The molecule has 0 aliphatic rings. The average Bonchev–Trinajstić information content (AvgIpc) is 2.79. The number of hydrazone groups is 1. The number of carbonyl (C=O) groups excluding carboxylic acids is 3. The van der Waals surface area contributed by atoms with Gasteiger partial charge in [-0.05, 0) is 36.2 Å². The summed E-state index contributed by atoms with van der Waals surface area (Å²) in [5.41, 5.74) is 4.76. The molecule has 0 fully saturated rings. The monoisotopic (exact) mass is 415 g/mol. The molecule has 0 radical (unpaired) electrons. The van der Waals surface area contributed by atoms with Gasteiger partial charge in [-0.1, -0.05) is 60.7 Å². The van der Waals surface area contributed by atoms with E-state index in [-0.39, 0.29) is 12.3 Å². The van der Waals surface area contributed by atoms with E-state index in [4.69, 9.17) is 4.74 Å². The van der Waals surface area contributed by atoms with Crippen LogP contribution in [0.15, 0.2) is 84.0 Å². The molecule has 0 unspecified atom stereocenters. The van der Waals surface area contributed by atoms with E-state index >= 15 is 0 Å². The number of carbonyl (C=O) groups is 3. The molecule has 31 heavy (non-hydrogen) atoms. The van der Waals surface area contributed by atoms with Gasteiger partial charge in [-0.3, -0.25) is 9.59 Å². The first-order valence-electron chi connectivity index (χ1n) is 9.56. The standard InChI is InChI=1S/C24H21N3O4/c1-17-9-5-7-13-20(17)24(30)31-21-14-8-6-12-19(21)16-26-27-23(29)22(28)25-15-18-10-3-2-4-11-18/h2-14,16H,15H2,1H3,(H,25,28)(H,27,29)/b26-16+. The summed E-state index contributed by atoms with van der Waals surface area (Å²) < 4.78 is 5.48. The predicted molar refractivity (Wildman–Crippen MR) is 117 cm³/mol. The number of nitrogens with zero attached hydrogens (tertiary/aromatic N) is 1. The van der Waals surface area contributed by atoms with E-state index in [1.54, 1.807) is 36.4 Å². The van der Waals surface area contributed by atoms with E-state index in [0.717, 1.165) is 11.1 Å². The van der Waals surface area contributed by atoms with Crippen molar-refractivity contribution < 1.29 is 19.1 Å². The Morgan fingerprint density at radius 1 is 0.871 bits per heavy atom. The molecular weight excluding hydrogens is 394 g/mol. The fourth-order valence-corrected chi connectivity index (χ4v) is 2.71. The first-order valence-corrected chi connectivity index (χ1v) is 9.56. The molecule has 2 N–H and O–H groups in total. The second-order valence-corrected chi connectivity index (χ2v) is 6.61. The summed E-state index contributed by atoms with van der Waals surface area (Å²) >= 11 is 0. The van der Waals surface area contributed by atoms with Gasteiger partial charge < -0.3 is 10.1 Å². The van der Waals surface area contributed by atoms with Crippen molar-refractivity contribution in [1.29, 1.82) is 0 Å². The Hall–Kier alpha value is -4.26. The van der Waals surface area contributed by atoms with Gasteiger partial charge in [0.2, 0.25) is 0 Å². The number of esters is 1. The minimum Gasteiger partial charge on any atom is -0.422 e. The Morgan fingerprint density at radius 2 is 1.55 bits per heavy atom. The highest BCUT2D eigenvalue weighted by atomic mass is 16.5. The summed E-state index contributed by atoms with van der Waals surface area (Å²) in [5, 5.41) is 6.31. The topological polar surface area (TPSA) is 96.9 Å². The van der Waals surface area contributed by atoms with Crippen molar-refractivity contribution in [2.24, 2.45) is 5.10 Å². The van der Waals surface area contributed by atoms with E-state index in [9.17, 15) is 14.4 Å². The largest absolute Gasteiger partial charge is 0.422 e. The van der Waals surface area contributed by atoms with Crippen molar-refractivity contribution in [3.63, 3.8) is 0 Å². The molecule has 0 aliphatic heterocycles. The Balaban J connectivity index is 1.58. The molecule has 0 bridgehead atoms. The van der Waals surface area contributed by atoms with Gasteiger partial charge in [0.1, 0.15) is 5.75 Å². The number of hydrogen-bond donors (Lipinski definition) is 2. The van der Waals surface area contributed by atoms with Crippen molar-refractivity contribution in [3.05, 3.63) is 101 Å². The third kappa shape index (κ3) is 6.11. The number of ether oxygens (including phenoxy) is 1. The zero-order valence-corrected chi connectivity index (χ0v) is 16.9. The summed E-state index contributed by atoms with van der Waals surface area (Å²) in [6.45, 7) is 2.05. The maximum absolute atomic E-state index is 12.5. The third-order valence-corrected chi connectivity index (χ3v) is 4.36. The van der Waals surface area contributed by atoms with Crippen LogP contribution in [0.25, 0.3) is 0 Å². The van der Waals surface area contributed by atoms with Crippen LogP contribution in [0.2, 0.25) is 0 Å². The van der Waals surface area contributed by atoms with Gasteiger partial charge in [-0.15, -0.1) is 0 Å². The second-order valence-electron chi connectivity index (χ2n) is 6.61. The second kappa shape index (κ2) is 10.5. The van der Waals surface area contributed by atoms with Crippen molar-refractivity contribution >= 4 is 24.0 Å². The highest BCUT2D eigenvalue weighted by Gasteiger charge is 2.14. The Morgan fingerprint density at radius 3 is 2.32 bits per heavy atom. The normalized spacial score (nSPS) is 10.5. The highest BCUT2D eigenvalue weighted by molar-refractivity contribution is 6.35. The molecular formula is C24H21N3O4. The quantitative estimate of drug-likeness (QED) is 0.213. The first-order chi connectivity index (χ1) is 15.0. The van der Waals surface area contributed by atoms with Gasteiger partial charge in [-0.25, -0.2) is 10.2 Å². The summed E-state index contributed by atoms with van der Waals surface area (Å²) in [5.74, 6) is -1.92. The van der Waals surface area contributed by atoms with E-state index < -0.39 is 17.8 Å². The molecule has 156 valence electrons. The number of aryl methyl sites for hydroxylation is 1. The predicted octanol–water partition coefficient (Wildman–Crippen LogP) is 2.98. The smallest absolute Gasteiger partial charge is 0.343 e. The number of hydrogen-bond acceptors (Lipinski definition) is 5. The van der Waals surface area contributed by atoms with Gasteiger partial charge in [0.25, 0.3) is 0 Å². The van der Waals surface area contributed by atoms with Crippen LogP contribution in [0.1, 0.15) is 27.0 Å². The van der Waals surface area contributed by atoms with Gasteiger partial charge in [0.15, 0.2) is 0 Å². The molecule has 3 aromatic carbocycles. The minimum atomic E-state index is -0.901. The zero-order valence-electron chi connectivity index (χ0n) is 16.9. The molecule has 3 aromatic rings. The minimum absolute atomic E-state index is 0.231.